The molecule has 166 valence electrons. The van der Waals surface area contributed by atoms with Crippen molar-refractivity contribution in [2.75, 3.05) is 7.11 Å². The smallest absolute Gasteiger partial charge is 0.305 e. The normalized spacial score (nSPS) is 50.2. The van der Waals surface area contributed by atoms with E-state index in [9.17, 15) is 15.0 Å². The first kappa shape index (κ1) is 21.6. The predicted molar refractivity (Wildman–Crippen MR) is 113 cm³/mol. The summed E-state index contributed by atoms with van der Waals surface area (Å²) in [5.41, 5.74) is 0.577. The predicted octanol–water partition coefficient (Wildman–Crippen LogP) is 4.57. The van der Waals surface area contributed by atoms with Crippen molar-refractivity contribution >= 4 is 5.97 Å². The van der Waals surface area contributed by atoms with Gasteiger partial charge in [0.2, 0.25) is 0 Å². The van der Waals surface area contributed by atoms with Crippen LogP contribution in [0.15, 0.2) is 0 Å². The number of hydrogen-bond donors (Lipinski definition) is 2. The average Bonchev–Trinajstić information content (AvgIpc) is 3.04. The third kappa shape index (κ3) is 3.46. The third-order valence-corrected chi connectivity index (χ3v) is 10.4. The minimum atomic E-state index is -0.211. The summed E-state index contributed by atoms with van der Waals surface area (Å²) in [5, 5.41) is 21.5. The Labute approximate surface area is 176 Å². The van der Waals surface area contributed by atoms with Crippen LogP contribution in [0.3, 0.4) is 0 Å². The summed E-state index contributed by atoms with van der Waals surface area (Å²) in [6.45, 7) is 7.29. The molecule has 4 heteroatoms. The Kier molecular flexibility index (Phi) is 5.83. The SMILES string of the molecule is COC(=O)CC[C@@H](C)[C@H]1CC[C@H]2[C@@H]3[C@@H](O)CC4C[C@H](O)CC[C@]4(C)[C@H]3CC[C@]12C. The van der Waals surface area contributed by atoms with Crippen LogP contribution in [0.5, 0.6) is 0 Å². The van der Waals surface area contributed by atoms with Crippen LogP contribution in [0.2, 0.25) is 0 Å². The van der Waals surface area contributed by atoms with Gasteiger partial charge in [0.05, 0.1) is 19.3 Å². The summed E-state index contributed by atoms with van der Waals surface area (Å²) in [4.78, 5) is 11.6. The zero-order valence-electron chi connectivity index (χ0n) is 18.9. The van der Waals surface area contributed by atoms with Crippen LogP contribution >= 0.6 is 0 Å². The second-order valence-corrected chi connectivity index (χ2v) is 11.5. The van der Waals surface area contributed by atoms with Gasteiger partial charge in [-0.15, -0.1) is 0 Å². The molecule has 0 amide bonds. The van der Waals surface area contributed by atoms with Gasteiger partial charge in [0.1, 0.15) is 0 Å². The minimum absolute atomic E-state index is 0.0959. The first-order valence-electron chi connectivity index (χ1n) is 12.1. The third-order valence-electron chi connectivity index (χ3n) is 10.4. The van der Waals surface area contributed by atoms with Gasteiger partial charge in [0, 0.05) is 6.42 Å². The summed E-state index contributed by atoms with van der Waals surface area (Å²) >= 11 is 0. The second-order valence-electron chi connectivity index (χ2n) is 11.5. The molecule has 0 saturated heterocycles. The van der Waals surface area contributed by atoms with E-state index in [4.69, 9.17) is 4.74 Å². The molecule has 29 heavy (non-hydrogen) atoms. The van der Waals surface area contributed by atoms with E-state index in [1.807, 2.05) is 0 Å². The van der Waals surface area contributed by atoms with Gasteiger partial charge in [-0.1, -0.05) is 20.8 Å². The Balaban J connectivity index is 1.53. The maximum Gasteiger partial charge on any atom is 0.305 e. The maximum absolute atomic E-state index is 11.6. The molecule has 0 aromatic heterocycles. The number of ether oxygens (including phenoxy) is 1. The van der Waals surface area contributed by atoms with Crippen molar-refractivity contribution in [1.29, 1.82) is 0 Å². The average molecular weight is 407 g/mol. The van der Waals surface area contributed by atoms with Gasteiger partial charge in [0.25, 0.3) is 0 Å². The van der Waals surface area contributed by atoms with E-state index in [0.717, 1.165) is 32.1 Å². The molecule has 0 radical (unpaired) electrons. The molecule has 2 N–H and O–H groups in total. The Bertz CT molecular complexity index is 620. The molecule has 0 aromatic rings. The lowest BCUT2D eigenvalue weighted by Crippen LogP contribution is -2.58. The molecule has 4 saturated carbocycles. The molecular weight excluding hydrogens is 364 g/mol. The molecule has 0 aliphatic heterocycles. The van der Waals surface area contributed by atoms with E-state index in [0.29, 0.717) is 47.3 Å². The lowest BCUT2D eigenvalue weighted by molar-refractivity contribution is -0.174. The largest absolute Gasteiger partial charge is 0.469 e. The fourth-order valence-electron chi connectivity index (χ4n) is 8.82. The van der Waals surface area contributed by atoms with Crippen LogP contribution in [0.25, 0.3) is 0 Å². The van der Waals surface area contributed by atoms with Crippen LogP contribution in [-0.2, 0) is 9.53 Å². The molecule has 4 rings (SSSR count). The number of rotatable bonds is 4. The molecule has 0 spiro atoms. The van der Waals surface area contributed by atoms with Gasteiger partial charge in [-0.25, -0.2) is 0 Å². The quantitative estimate of drug-likeness (QED) is 0.671. The van der Waals surface area contributed by atoms with E-state index < -0.39 is 0 Å². The molecule has 10 atom stereocenters. The summed E-state index contributed by atoms with van der Waals surface area (Å²) in [7, 11) is 1.48. The van der Waals surface area contributed by atoms with Gasteiger partial charge in [-0.2, -0.15) is 0 Å². The number of aliphatic hydroxyl groups excluding tert-OH is 2. The molecule has 1 unspecified atom stereocenters. The zero-order chi connectivity index (χ0) is 21.0. The number of hydrogen-bond acceptors (Lipinski definition) is 4. The van der Waals surface area contributed by atoms with Gasteiger partial charge in [-0.3, -0.25) is 4.79 Å². The highest BCUT2D eigenvalue weighted by atomic mass is 16.5. The maximum atomic E-state index is 11.6. The molecule has 4 nitrogen and oxygen atoms in total. The second kappa shape index (κ2) is 7.82. The summed E-state index contributed by atoms with van der Waals surface area (Å²) in [5.74, 6) is 3.17. The lowest BCUT2D eigenvalue weighted by Gasteiger charge is -2.62. The lowest BCUT2D eigenvalue weighted by atomic mass is 9.43. The summed E-state index contributed by atoms with van der Waals surface area (Å²) < 4.78 is 4.86. The van der Waals surface area contributed by atoms with Crippen molar-refractivity contribution in [1.82, 2.24) is 0 Å². The van der Waals surface area contributed by atoms with Gasteiger partial charge >= 0.3 is 5.97 Å². The molecule has 0 aromatic carbocycles. The number of esters is 1. The Hall–Kier alpha value is -0.610. The molecular formula is C25H42O4. The van der Waals surface area contributed by atoms with Crippen LogP contribution in [-0.4, -0.2) is 35.5 Å². The van der Waals surface area contributed by atoms with E-state index in [1.54, 1.807) is 0 Å². The zero-order valence-corrected chi connectivity index (χ0v) is 18.9. The summed E-state index contributed by atoms with van der Waals surface area (Å²) in [6.07, 6.45) is 9.80. The summed E-state index contributed by atoms with van der Waals surface area (Å²) in [6, 6.07) is 0. The van der Waals surface area contributed by atoms with Crippen LogP contribution in [0.1, 0.15) is 85.0 Å². The van der Waals surface area contributed by atoms with Crippen molar-refractivity contribution in [3.05, 3.63) is 0 Å². The topological polar surface area (TPSA) is 66.8 Å². The van der Waals surface area contributed by atoms with Crippen molar-refractivity contribution in [2.24, 2.45) is 46.3 Å². The molecule has 4 aliphatic rings. The first-order chi connectivity index (χ1) is 13.7. The van der Waals surface area contributed by atoms with Crippen LogP contribution < -0.4 is 0 Å². The number of carbonyl (C=O) groups excluding carboxylic acids is 1. The fourth-order valence-corrected chi connectivity index (χ4v) is 8.82. The molecule has 0 heterocycles. The molecule has 4 aliphatic carbocycles. The van der Waals surface area contributed by atoms with E-state index >= 15 is 0 Å². The van der Waals surface area contributed by atoms with Crippen molar-refractivity contribution in [3.8, 4) is 0 Å². The number of aliphatic hydroxyl groups is 2. The molecule has 0 bridgehead atoms. The number of carbonyl (C=O) groups is 1. The molecule has 4 fully saturated rings. The van der Waals surface area contributed by atoms with Crippen molar-refractivity contribution in [3.63, 3.8) is 0 Å². The van der Waals surface area contributed by atoms with Gasteiger partial charge in [-0.05, 0) is 104 Å². The Morgan fingerprint density at radius 3 is 2.45 bits per heavy atom. The fraction of sp³-hybridized carbons (Fsp3) is 0.960. The first-order valence-corrected chi connectivity index (χ1v) is 12.1. The number of fused-ring (bicyclic) bond motifs is 5. The van der Waals surface area contributed by atoms with Gasteiger partial charge in [0.15, 0.2) is 0 Å². The van der Waals surface area contributed by atoms with Crippen molar-refractivity contribution in [2.45, 2.75) is 97.2 Å². The highest BCUT2D eigenvalue weighted by Crippen LogP contribution is 2.68. The standard InChI is InChI=1S/C25H42O4/c1-15(5-8-22(28)29-4)18-6-7-19-23-20(10-12-25(18,19)3)24(2)11-9-17(26)13-16(24)14-21(23)27/h15-21,23,26-27H,5-14H2,1-4H3/t15-,16?,17-,18-,19+,20+,21+,23+,24+,25-/m1/s1. The number of methoxy groups -OCH3 is 1. The van der Waals surface area contributed by atoms with E-state index in [-0.39, 0.29) is 23.6 Å². The van der Waals surface area contributed by atoms with Crippen LogP contribution in [0.4, 0.5) is 0 Å². The van der Waals surface area contributed by atoms with E-state index in [1.165, 1.54) is 32.8 Å². The Morgan fingerprint density at radius 2 is 1.72 bits per heavy atom. The van der Waals surface area contributed by atoms with Crippen molar-refractivity contribution < 1.29 is 19.7 Å². The Morgan fingerprint density at radius 1 is 1.03 bits per heavy atom. The highest BCUT2D eigenvalue weighted by molar-refractivity contribution is 5.69. The minimum Gasteiger partial charge on any atom is -0.469 e. The van der Waals surface area contributed by atoms with Gasteiger partial charge < -0.3 is 14.9 Å². The van der Waals surface area contributed by atoms with Crippen LogP contribution in [0, 0.1) is 46.3 Å². The van der Waals surface area contributed by atoms with E-state index in [2.05, 4.69) is 20.8 Å². The highest BCUT2D eigenvalue weighted by Gasteiger charge is 2.62. The monoisotopic (exact) mass is 406 g/mol.